The summed E-state index contributed by atoms with van der Waals surface area (Å²) in [5.74, 6) is 1.92. The van der Waals surface area contributed by atoms with Gasteiger partial charge in [-0.05, 0) is 39.8 Å². The molecular weight excluding hydrogens is 215 g/mol. The first-order chi connectivity index (χ1) is 7.82. The molecule has 1 aromatic heterocycles. The highest BCUT2D eigenvalue weighted by atomic mass is 16.7. The molecule has 0 aromatic carbocycles. The number of aromatic nitrogens is 2. The summed E-state index contributed by atoms with van der Waals surface area (Å²) in [7, 11) is 1.61. The van der Waals surface area contributed by atoms with Gasteiger partial charge in [-0.2, -0.15) is 5.10 Å². The first-order valence-electron chi connectivity index (χ1n) is 5.84. The highest BCUT2D eigenvalue weighted by Crippen LogP contribution is 2.36. The van der Waals surface area contributed by atoms with E-state index in [2.05, 4.69) is 5.10 Å². The fraction of sp³-hybridized carbons (Fsp3) is 0.583. The van der Waals surface area contributed by atoms with Crippen LogP contribution >= 0.6 is 0 Å². The highest BCUT2D eigenvalue weighted by Gasteiger charge is 2.49. The molecule has 1 fully saturated rings. The van der Waals surface area contributed by atoms with Crippen molar-refractivity contribution in [2.75, 3.05) is 0 Å². The predicted octanol–water partition coefficient (Wildman–Crippen LogP) is 2.06. The lowest BCUT2D eigenvalue weighted by molar-refractivity contribution is 0.00578. The third-order valence-corrected chi connectivity index (χ3v) is 3.55. The van der Waals surface area contributed by atoms with Gasteiger partial charge in [0.2, 0.25) is 0 Å². The Bertz CT molecular complexity index is 421. The second-order valence-electron chi connectivity index (χ2n) is 5.36. The molecule has 2 heterocycles. The van der Waals surface area contributed by atoms with Crippen LogP contribution < -0.4 is 0 Å². The third-order valence-electron chi connectivity index (χ3n) is 3.55. The van der Waals surface area contributed by atoms with Crippen molar-refractivity contribution in [1.29, 1.82) is 0 Å². The maximum absolute atomic E-state index is 5.86. The summed E-state index contributed by atoms with van der Waals surface area (Å²) in [6.07, 6.45) is 3.74. The molecule has 0 radical (unpaired) electrons. The zero-order valence-corrected chi connectivity index (χ0v) is 11.1. The van der Waals surface area contributed by atoms with Crippen LogP contribution in [0.2, 0.25) is 0 Å². The Hall–Kier alpha value is -1.07. The van der Waals surface area contributed by atoms with Gasteiger partial charge in [-0.3, -0.25) is 4.68 Å². The Morgan fingerprint density at radius 3 is 2.29 bits per heavy atom. The van der Waals surface area contributed by atoms with Crippen molar-refractivity contribution < 1.29 is 9.31 Å². The molecule has 4 nitrogen and oxygen atoms in total. The molecule has 0 amide bonds. The van der Waals surface area contributed by atoms with Crippen LogP contribution in [0.5, 0.6) is 0 Å². The van der Waals surface area contributed by atoms with E-state index in [1.54, 1.807) is 6.20 Å². The maximum atomic E-state index is 5.86. The van der Waals surface area contributed by atoms with E-state index in [4.69, 9.17) is 9.31 Å². The molecule has 0 atom stereocenters. The van der Waals surface area contributed by atoms with E-state index in [-0.39, 0.29) is 18.3 Å². The normalized spacial score (nSPS) is 22.5. The first kappa shape index (κ1) is 12.4. The molecule has 0 saturated carbocycles. The summed E-state index contributed by atoms with van der Waals surface area (Å²) in [5.41, 5.74) is 0.461. The number of aryl methyl sites for hydroxylation is 1. The summed E-state index contributed by atoms with van der Waals surface area (Å²) in [5, 5.41) is 4.10. The van der Waals surface area contributed by atoms with Gasteiger partial charge in [0, 0.05) is 13.2 Å². The van der Waals surface area contributed by atoms with Crippen molar-refractivity contribution in [2.24, 2.45) is 7.05 Å². The van der Waals surface area contributed by atoms with Crippen LogP contribution in [0.4, 0.5) is 0 Å². The minimum Gasteiger partial charge on any atom is -0.400 e. The van der Waals surface area contributed by atoms with Gasteiger partial charge in [0.05, 0.1) is 16.9 Å². The molecule has 17 heavy (non-hydrogen) atoms. The Morgan fingerprint density at radius 2 is 1.82 bits per heavy atom. The van der Waals surface area contributed by atoms with Gasteiger partial charge < -0.3 is 9.31 Å². The van der Waals surface area contributed by atoms with Crippen molar-refractivity contribution in [3.05, 3.63) is 23.9 Å². The lowest BCUT2D eigenvalue weighted by Gasteiger charge is -2.32. The zero-order valence-electron chi connectivity index (χ0n) is 11.1. The van der Waals surface area contributed by atoms with Crippen molar-refractivity contribution >= 4 is 13.2 Å². The van der Waals surface area contributed by atoms with E-state index in [0.717, 1.165) is 5.69 Å². The van der Waals surface area contributed by atoms with Crippen molar-refractivity contribution in [3.8, 4) is 0 Å². The minimum absolute atomic E-state index is 0.283. The third kappa shape index (κ3) is 2.30. The van der Waals surface area contributed by atoms with E-state index >= 15 is 0 Å². The van der Waals surface area contributed by atoms with Gasteiger partial charge in [0.1, 0.15) is 0 Å². The molecule has 92 valence electrons. The van der Waals surface area contributed by atoms with Gasteiger partial charge in [-0.15, -0.1) is 0 Å². The van der Waals surface area contributed by atoms with Gasteiger partial charge in [-0.25, -0.2) is 0 Å². The molecular formula is C12H19BN2O2. The Balaban J connectivity index is 2.08. The largest absolute Gasteiger partial charge is 0.487 e. The van der Waals surface area contributed by atoms with Crippen LogP contribution in [0.1, 0.15) is 33.4 Å². The summed E-state index contributed by atoms with van der Waals surface area (Å²) >= 11 is 0. The average Bonchev–Trinajstić information content (AvgIpc) is 2.66. The monoisotopic (exact) mass is 234 g/mol. The smallest absolute Gasteiger partial charge is 0.400 e. The van der Waals surface area contributed by atoms with E-state index in [1.807, 2.05) is 57.5 Å². The van der Waals surface area contributed by atoms with E-state index in [0.29, 0.717) is 0 Å². The molecule has 1 saturated heterocycles. The Labute approximate surface area is 103 Å². The SMILES string of the molecule is Cn1nccc1/C=C/B1OC(C)(C)C(C)(C)O1. The average molecular weight is 234 g/mol. The van der Waals surface area contributed by atoms with Crippen molar-refractivity contribution in [1.82, 2.24) is 9.78 Å². The summed E-state index contributed by atoms with van der Waals surface area (Å²) in [6, 6.07) is 1.95. The molecule has 0 spiro atoms. The van der Waals surface area contributed by atoms with Crippen LogP contribution in [-0.4, -0.2) is 28.1 Å². The molecule has 2 rings (SSSR count). The topological polar surface area (TPSA) is 36.3 Å². The summed E-state index contributed by atoms with van der Waals surface area (Å²) in [6.45, 7) is 8.19. The zero-order chi connectivity index (χ0) is 12.7. The van der Waals surface area contributed by atoms with Crippen LogP contribution in [-0.2, 0) is 16.4 Å². The Morgan fingerprint density at radius 1 is 1.24 bits per heavy atom. The van der Waals surface area contributed by atoms with E-state index in [9.17, 15) is 0 Å². The number of hydrogen-bond acceptors (Lipinski definition) is 3. The second-order valence-corrected chi connectivity index (χ2v) is 5.36. The first-order valence-corrected chi connectivity index (χ1v) is 5.84. The molecule has 1 aliphatic heterocycles. The van der Waals surface area contributed by atoms with Crippen LogP contribution in [0, 0.1) is 0 Å². The molecule has 0 aliphatic carbocycles. The van der Waals surface area contributed by atoms with Gasteiger partial charge >= 0.3 is 7.12 Å². The van der Waals surface area contributed by atoms with E-state index < -0.39 is 0 Å². The van der Waals surface area contributed by atoms with E-state index in [1.165, 1.54) is 0 Å². The molecule has 0 N–H and O–H groups in total. The number of rotatable bonds is 2. The van der Waals surface area contributed by atoms with Gasteiger partial charge in [0.15, 0.2) is 0 Å². The predicted molar refractivity (Wildman–Crippen MR) is 68.3 cm³/mol. The number of nitrogens with zero attached hydrogens (tertiary/aromatic N) is 2. The van der Waals surface area contributed by atoms with Gasteiger partial charge in [-0.1, -0.05) is 5.98 Å². The number of hydrogen-bond donors (Lipinski definition) is 0. The van der Waals surface area contributed by atoms with Crippen molar-refractivity contribution in [2.45, 2.75) is 38.9 Å². The highest BCUT2D eigenvalue weighted by molar-refractivity contribution is 6.52. The summed E-state index contributed by atoms with van der Waals surface area (Å²) < 4.78 is 13.5. The molecule has 0 unspecified atom stereocenters. The lowest BCUT2D eigenvalue weighted by atomic mass is 9.90. The standard InChI is InChI=1S/C12H19BN2O2/c1-11(2)12(3,4)17-13(16-11)8-6-10-7-9-14-15(10)5/h6-9H,1-5H3/b8-6+. The van der Waals surface area contributed by atoms with Crippen molar-refractivity contribution in [3.63, 3.8) is 0 Å². The minimum atomic E-state index is -0.296. The quantitative estimate of drug-likeness (QED) is 0.735. The fourth-order valence-electron chi connectivity index (χ4n) is 1.69. The molecule has 0 bridgehead atoms. The van der Waals surface area contributed by atoms with Crippen LogP contribution in [0.15, 0.2) is 18.2 Å². The Kier molecular flexibility index (Phi) is 2.91. The maximum Gasteiger partial charge on any atom is 0.487 e. The van der Waals surface area contributed by atoms with Crippen LogP contribution in [0.3, 0.4) is 0 Å². The second kappa shape index (κ2) is 4.00. The lowest BCUT2D eigenvalue weighted by Crippen LogP contribution is -2.41. The summed E-state index contributed by atoms with van der Waals surface area (Å²) in [4.78, 5) is 0. The van der Waals surface area contributed by atoms with Gasteiger partial charge in [0.25, 0.3) is 0 Å². The molecule has 5 heteroatoms. The molecule has 1 aromatic rings. The molecule has 1 aliphatic rings. The van der Waals surface area contributed by atoms with Crippen LogP contribution in [0.25, 0.3) is 6.08 Å². The fourth-order valence-corrected chi connectivity index (χ4v) is 1.69.